The van der Waals surface area contributed by atoms with E-state index in [0.29, 0.717) is 31.5 Å². The van der Waals surface area contributed by atoms with E-state index in [1.165, 1.54) is 0 Å². The molecule has 3 aliphatic rings. The molecule has 36 heavy (non-hydrogen) atoms. The lowest BCUT2D eigenvalue weighted by Crippen LogP contribution is -2.46. The smallest absolute Gasteiger partial charge is 0.433 e. The Balaban J connectivity index is 1.19. The number of anilines is 1. The molecule has 0 radical (unpaired) electrons. The summed E-state index contributed by atoms with van der Waals surface area (Å²) in [7, 11) is 0. The summed E-state index contributed by atoms with van der Waals surface area (Å²) in [4.78, 5) is 22.2. The number of pyridine rings is 1. The minimum atomic E-state index is -4.73. The molecule has 2 aromatic heterocycles. The maximum Gasteiger partial charge on any atom is 0.433 e. The van der Waals surface area contributed by atoms with Gasteiger partial charge in [0.2, 0.25) is 0 Å². The Bertz CT molecular complexity index is 1400. The van der Waals surface area contributed by atoms with Gasteiger partial charge in [0.1, 0.15) is 17.3 Å². The van der Waals surface area contributed by atoms with E-state index >= 15 is 0 Å². The van der Waals surface area contributed by atoms with Crippen LogP contribution < -0.4 is 15.3 Å². The van der Waals surface area contributed by atoms with Crippen LogP contribution in [0.25, 0.3) is 0 Å². The topological polar surface area (TPSA) is 69.5 Å². The summed E-state index contributed by atoms with van der Waals surface area (Å²) < 4.78 is 80.3. The summed E-state index contributed by atoms with van der Waals surface area (Å²) in [6, 6.07) is 5.57. The second kappa shape index (κ2) is 7.99. The number of hydrogen-bond acceptors (Lipinski definition) is 6. The van der Waals surface area contributed by atoms with Crippen LogP contribution in [0.15, 0.2) is 41.3 Å². The summed E-state index contributed by atoms with van der Waals surface area (Å²) >= 11 is 0. The number of hydrogen-bond donors (Lipinski definition) is 0. The Morgan fingerprint density at radius 2 is 1.92 bits per heavy atom. The molecule has 0 amide bonds. The second-order valence-electron chi connectivity index (χ2n) is 9.31. The van der Waals surface area contributed by atoms with Gasteiger partial charge in [-0.05, 0) is 36.6 Å². The first-order valence-corrected chi connectivity index (χ1v) is 11.3. The highest BCUT2D eigenvalue weighted by Crippen LogP contribution is 2.46. The average molecular weight is 506 g/mol. The summed E-state index contributed by atoms with van der Waals surface area (Å²) in [5.41, 5.74) is -1.02. The highest BCUT2D eigenvalue weighted by molar-refractivity contribution is 5.52. The molecule has 12 heteroatoms. The van der Waals surface area contributed by atoms with Gasteiger partial charge in [0.05, 0.1) is 30.5 Å². The van der Waals surface area contributed by atoms with Gasteiger partial charge >= 0.3 is 11.9 Å². The Morgan fingerprint density at radius 3 is 2.64 bits per heavy atom. The van der Waals surface area contributed by atoms with Crippen LogP contribution in [-0.2, 0) is 30.3 Å². The van der Waals surface area contributed by atoms with Crippen molar-refractivity contribution in [2.75, 3.05) is 18.1 Å². The second-order valence-corrected chi connectivity index (χ2v) is 9.31. The van der Waals surface area contributed by atoms with E-state index in [0.717, 1.165) is 36.6 Å². The lowest BCUT2D eigenvalue weighted by molar-refractivity contribution is -0.141. The number of benzene rings is 1. The van der Waals surface area contributed by atoms with Crippen molar-refractivity contribution in [2.45, 2.75) is 43.6 Å². The number of morpholine rings is 1. The zero-order valence-corrected chi connectivity index (χ0v) is 18.7. The molecule has 1 aromatic carbocycles. The van der Waals surface area contributed by atoms with Gasteiger partial charge in [-0.25, -0.2) is 13.6 Å². The molecule has 0 aliphatic carbocycles. The average Bonchev–Trinajstić information content (AvgIpc) is 3.48. The molecule has 0 N–H and O–H groups in total. The highest BCUT2D eigenvalue weighted by atomic mass is 19.4. The molecule has 2 bridgehead atoms. The van der Waals surface area contributed by atoms with Gasteiger partial charge < -0.3 is 14.4 Å². The largest absolute Gasteiger partial charge is 0.451 e. The van der Waals surface area contributed by atoms with Crippen LogP contribution in [0.1, 0.15) is 23.4 Å². The maximum absolute atomic E-state index is 14.6. The zero-order valence-electron chi connectivity index (χ0n) is 18.7. The first kappa shape index (κ1) is 22.9. The molecule has 1 spiro atoms. The third-order valence-corrected chi connectivity index (χ3v) is 6.90. The van der Waals surface area contributed by atoms with Crippen molar-refractivity contribution in [3.63, 3.8) is 0 Å². The van der Waals surface area contributed by atoms with Crippen LogP contribution in [0.2, 0.25) is 0 Å². The van der Waals surface area contributed by atoms with Crippen LogP contribution in [0.3, 0.4) is 0 Å². The fourth-order valence-electron chi connectivity index (χ4n) is 5.26. The first-order chi connectivity index (χ1) is 17.1. The monoisotopic (exact) mass is 506 g/mol. The summed E-state index contributed by atoms with van der Waals surface area (Å²) in [6.07, 6.45) is -2.40. The molecule has 3 aromatic rings. The SMILES string of the molecule is O=c1nc(CCc2cc(F)c(Oc3ccnc(C(F)(F)F)c3)c(F)c2)cc2n1C[C@]13CO[C@H](CN21)C3. The molecule has 2 atom stereocenters. The third-order valence-electron chi connectivity index (χ3n) is 6.90. The number of alkyl halides is 3. The molecule has 0 saturated carbocycles. The molecule has 0 unspecified atom stereocenters. The fraction of sp³-hybridized carbons (Fsp3) is 0.375. The normalized spacial score (nSPS) is 22.1. The fourth-order valence-corrected chi connectivity index (χ4v) is 5.26. The van der Waals surface area contributed by atoms with Crippen molar-refractivity contribution >= 4 is 5.82 Å². The van der Waals surface area contributed by atoms with E-state index in [2.05, 4.69) is 14.9 Å². The van der Waals surface area contributed by atoms with E-state index < -0.39 is 35.0 Å². The standard InChI is InChI=1S/C24H19F5N4O3/c25-17-5-13(6-18(26)21(17)36-15-3-4-30-19(8-15)24(27,28)29)1-2-14-7-20-32(22(34)31-14)11-23-9-16(35-12-23)10-33(20)23/h3-8,16H,1-2,9-12H2/t16-,23+/m0/s1. The van der Waals surface area contributed by atoms with Gasteiger partial charge in [-0.2, -0.15) is 18.2 Å². The van der Waals surface area contributed by atoms with Gasteiger partial charge in [-0.15, -0.1) is 0 Å². The lowest BCUT2D eigenvalue weighted by atomic mass is 10.0. The maximum atomic E-state index is 14.6. The molecular formula is C24H19F5N4O3. The Labute approximate surface area is 201 Å². The lowest BCUT2D eigenvalue weighted by Gasteiger charge is -2.32. The molecule has 2 fully saturated rings. The highest BCUT2D eigenvalue weighted by Gasteiger charge is 2.56. The van der Waals surface area contributed by atoms with Crippen molar-refractivity contribution in [1.82, 2.24) is 14.5 Å². The number of rotatable bonds is 5. The van der Waals surface area contributed by atoms with E-state index in [-0.39, 0.29) is 35.7 Å². The van der Waals surface area contributed by atoms with Crippen molar-refractivity contribution in [1.29, 1.82) is 0 Å². The summed E-state index contributed by atoms with van der Waals surface area (Å²) in [5.74, 6) is -2.56. The molecule has 6 rings (SSSR count). The number of aromatic nitrogens is 3. The molecule has 5 heterocycles. The van der Waals surface area contributed by atoms with E-state index in [9.17, 15) is 26.7 Å². The molecule has 7 nitrogen and oxygen atoms in total. The van der Waals surface area contributed by atoms with Crippen LogP contribution >= 0.6 is 0 Å². The van der Waals surface area contributed by atoms with Crippen LogP contribution in [0, 0.1) is 11.6 Å². The zero-order chi connectivity index (χ0) is 25.2. The van der Waals surface area contributed by atoms with Crippen LogP contribution in [-0.4, -0.2) is 39.3 Å². The number of ether oxygens (including phenoxy) is 2. The van der Waals surface area contributed by atoms with E-state index in [1.54, 1.807) is 4.57 Å². The van der Waals surface area contributed by atoms with Crippen molar-refractivity contribution in [3.8, 4) is 11.5 Å². The predicted octanol–water partition coefficient (Wildman–Crippen LogP) is 3.87. The number of fused-ring (bicyclic) bond motifs is 3. The minimum Gasteiger partial charge on any atom is -0.451 e. The number of nitrogens with zero attached hydrogens (tertiary/aromatic N) is 4. The van der Waals surface area contributed by atoms with Crippen LogP contribution in [0.5, 0.6) is 11.5 Å². The number of aryl methyl sites for hydroxylation is 2. The van der Waals surface area contributed by atoms with Gasteiger partial charge in [0.25, 0.3) is 0 Å². The molecule has 188 valence electrons. The van der Waals surface area contributed by atoms with Gasteiger partial charge in [-0.1, -0.05) is 0 Å². The van der Waals surface area contributed by atoms with Crippen molar-refractivity contribution in [3.05, 3.63) is 75.6 Å². The van der Waals surface area contributed by atoms with Crippen molar-refractivity contribution < 1.29 is 31.4 Å². The third kappa shape index (κ3) is 3.80. The number of halogens is 5. The Morgan fingerprint density at radius 1 is 1.14 bits per heavy atom. The van der Waals surface area contributed by atoms with E-state index in [1.807, 2.05) is 6.07 Å². The molecule has 3 aliphatic heterocycles. The van der Waals surface area contributed by atoms with Gasteiger partial charge in [-0.3, -0.25) is 9.55 Å². The van der Waals surface area contributed by atoms with Crippen molar-refractivity contribution in [2.24, 2.45) is 0 Å². The van der Waals surface area contributed by atoms with Gasteiger partial charge in [0.15, 0.2) is 17.4 Å². The van der Waals surface area contributed by atoms with Crippen LogP contribution in [0.4, 0.5) is 27.8 Å². The Hall–Kier alpha value is -3.54. The summed E-state index contributed by atoms with van der Waals surface area (Å²) in [5, 5.41) is 0. The Kier molecular flexibility index (Phi) is 5.08. The molecular weight excluding hydrogens is 487 g/mol. The minimum absolute atomic E-state index is 0.157. The summed E-state index contributed by atoms with van der Waals surface area (Å²) in [6.45, 7) is 1.81. The van der Waals surface area contributed by atoms with Gasteiger partial charge in [0, 0.05) is 31.3 Å². The quantitative estimate of drug-likeness (QED) is 0.490. The predicted molar refractivity (Wildman–Crippen MR) is 116 cm³/mol. The van der Waals surface area contributed by atoms with E-state index in [4.69, 9.17) is 9.47 Å². The molecule has 2 saturated heterocycles. The first-order valence-electron chi connectivity index (χ1n) is 11.3.